The van der Waals surface area contributed by atoms with Crippen LogP contribution in [0.1, 0.15) is 52.9 Å². The maximum atomic E-state index is 11.3. The van der Waals surface area contributed by atoms with E-state index >= 15 is 0 Å². The molecule has 1 aliphatic rings. The summed E-state index contributed by atoms with van der Waals surface area (Å²) in [6.07, 6.45) is 3.75. The van der Waals surface area contributed by atoms with Crippen molar-refractivity contribution < 1.29 is 15.0 Å². The molecule has 1 rings (SSSR count). The maximum absolute atomic E-state index is 11.3. The lowest BCUT2D eigenvalue weighted by Crippen LogP contribution is -2.41. The number of hydrogen-bond donors (Lipinski definition) is 2. The molecule has 1 saturated carbocycles. The molecule has 3 heteroatoms. The van der Waals surface area contributed by atoms with Gasteiger partial charge < -0.3 is 10.2 Å². The highest BCUT2D eigenvalue weighted by Gasteiger charge is 2.46. The van der Waals surface area contributed by atoms with Crippen molar-refractivity contribution in [2.75, 3.05) is 0 Å². The molecule has 0 aromatic heterocycles. The molecule has 0 bridgehead atoms. The Balaban J connectivity index is 2.80. The first kappa shape index (κ1) is 12.5. The minimum Gasteiger partial charge on any atom is -0.481 e. The minimum atomic E-state index is -0.872. The smallest absolute Gasteiger partial charge is 0.309 e. The zero-order valence-corrected chi connectivity index (χ0v) is 9.92. The van der Waals surface area contributed by atoms with Gasteiger partial charge in [-0.3, -0.25) is 4.79 Å². The van der Waals surface area contributed by atoms with Crippen molar-refractivity contribution in [1.82, 2.24) is 0 Å². The van der Waals surface area contributed by atoms with Crippen LogP contribution in [0, 0.1) is 11.3 Å². The minimum absolute atomic E-state index is 0.0920. The van der Waals surface area contributed by atoms with Crippen LogP contribution >= 0.6 is 0 Å². The monoisotopic (exact) mass is 214 g/mol. The number of carboxylic acid groups (broad SMARTS) is 1. The lowest BCUT2D eigenvalue weighted by molar-refractivity contribution is -0.154. The normalized spacial score (nSPS) is 24.1. The first-order valence-corrected chi connectivity index (χ1v) is 5.76. The van der Waals surface area contributed by atoms with E-state index in [1.807, 2.05) is 13.8 Å². The Morgan fingerprint density at radius 1 is 1.40 bits per heavy atom. The van der Waals surface area contributed by atoms with E-state index in [-0.39, 0.29) is 5.92 Å². The molecule has 88 valence electrons. The molecule has 0 aromatic rings. The fourth-order valence-corrected chi connectivity index (χ4v) is 2.41. The van der Waals surface area contributed by atoms with Gasteiger partial charge in [0.2, 0.25) is 0 Å². The van der Waals surface area contributed by atoms with Crippen LogP contribution in [0.2, 0.25) is 0 Å². The van der Waals surface area contributed by atoms with Gasteiger partial charge in [-0.1, -0.05) is 26.7 Å². The Morgan fingerprint density at radius 3 is 2.20 bits per heavy atom. The van der Waals surface area contributed by atoms with Crippen molar-refractivity contribution in [2.24, 2.45) is 11.3 Å². The first-order chi connectivity index (χ1) is 6.80. The second-order valence-corrected chi connectivity index (χ2v) is 5.48. The molecule has 0 heterocycles. The molecule has 0 spiro atoms. The molecule has 0 saturated heterocycles. The van der Waals surface area contributed by atoms with Crippen molar-refractivity contribution in [2.45, 2.75) is 58.5 Å². The van der Waals surface area contributed by atoms with Crippen LogP contribution in [0.15, 0.2) is 0 Å². The molecule has 1 aliphatic carbocycles. The molecule has 0 aliphatic heterocycles. The van der Waals surface area contributed by atoms with E-state index in [1.54, 1.807) is 6.92 Å². The third kappa shape index (κ3) is 2.51. The predicted molar refractivity (Wildman–Crippen MR) is 58.6 cm³/mol. The molecule has 0 radical (unpaired) electrons. The van der Waals surface area contributed by atoms with Gasteiger partial charge in [-0.15, -0.1) is 0 Å². The second kappa shape index (κ2) is 4.12. The summed E-state index contributed by atoms with van der Waals surface area (Å²) in [4.78, 5) is 11.3. The second-order valence-electron chi connectivity index (χ2n) is 5.48. The lowest BCUT2D eigenvalue weighted by Gasteiger charge is -2.36. The van der Waals surface area contributed by atoms with E-state index in [1.165, 1.54) is 0 Å². The Labute approximate surface area is 91.5 Å². The van der Waals surface area contributed by atoms with Gasteiger partial charge >= 0.3 is 5.97 Å². The number of carboxylic acids is 1. The van der Waals surface area contributed by atoms with Gasteiger partial charge in [0.1, 0.15) is 0 Å². The first-order valence-electron chi connectivity index (χ1n) is 5.76. The quantitative estimate of drug-likeness (QED) is 0.755. The van der Waals surface area contributed by atoms with E-state index < -0.39 is 17.0 Å². The molecule has 3 nitrogen and oxygen atoms in total. The number of carbonyl (C=O) groups is 1. The highest BCUT2D eigenvalue weighted by atomic mass is 16.4. The Morgan fingerprint density at radius 2 is 1.87 bits per heavy atom. The summed E-state index contributed by atoms with van der Waals surface area (Å²) in [5.74, 6) is -0.643. The predicted octanol–water partition coefficient (Wildman–Crippen LogP) is 2.43. The molecule has 0 aromatic carbocycles. The maximum Gasteiger partial charge on any atom is 0.309 e. The molecule has 1 atom stereocenters. The van der Waals surface area contributed by atoms with E-state index in [2.05, 4.69) is 0 Å². The number of hydrogen-bond acceptors (Lipinski definition) is 2. The molecule has 1 fully saturated rings. The zero-order valence-electron chi connectivity index (χ0n) is 9.92. The van der Waals surface area contributed by atoms with Crippen LogP contribution in [0.25, 0.3) is 0 Å². The molecule has 1 unspecified atom stereocenters. The van der Waals surface area contributed by atoms with Gasteiger partial charge in [-0.2, -0.15) is 0 Å². The summed E-state index contributed by atoms with van der Waals surface area (Å²) in [5, 5.41) is 19.5. The van der Waals surface area contributed by atoms with Gasteiger partial charge in [0.25, 0.3) is 0 Å². The summed E-state index contributed by atoms with van der Waals surface area (Å²) < 4.78 is 0. The van der Waals surface area contributed by atoms with Crippen LogP contribution < -0.4 is 0 Å². The van der Waals surface area contributed by atoms with Crippen molar-refractivity contribution >= 4 is 5.97 Å². The Kier molecular flexibility index (Phi) is 3.44. The molecule has 2 N–H and O–H groups in total. The van der Waals surface area contributed by atoms with E-state index in [0.717, 1.165) is 12.8 Å². The van der Waals surface area contributed by atoms with Crippen LogP contribution in [0.3, 0.4) is 0 Å². The summed E-state index contributed by atoms with van der Waals surface area (Å²) >= 11 is 0. The van der Waals surface area contributed by atoms with Crippen LogP contribution in [-0.4, -0.2) is 21.8 Å². The van der Waals surface area contributed by atoms with Gasteiger partial charge in [-0.05, 0) is 32.1 Å². The molecular formula is C12H22O3. The van der Waals surface area contributed by atoms with E-state index in [9.17, 15) is 15.0 Å². The SMILES string of the molecule is CC(C)C(C)(O)CC1(C(=O)O)CCCC1. The van der Waals surface area contributed by atoms with Crippen LogP contribution in [0.5, 0.6) is 0 Å². The largest absolute Gasteiger partial charge is 0.481 e. The third-order valence-corrected chi connectivity index (χ3v) is 3.95. The number of aliphatic carboxylic acids is 1. The Bertz CT molecular complexity index is 237. The van der Waals surface area contributed by atoms with Crippen molar-refractivity contribution in [1.29, 1.82) is 0 Å². The standard InChI is InChI=1S/C12H22O3/c1-9(2)11(3,15)8-12(10(13)14)6-4-5-7-12/h9,15H,4-8H2,1-3H3,(H,13,14). The molecule has 15 heavy (non-hydrogen) atoms. The fourth-order valence-electron chi connectivity index (χ4n) is 2.41. The average Bonchev–Trinajstić information content (AvgIpc) is 2.53. The Hall–Kier alpha value is -0.570. The fraction of sp³-hybridized carbons (Fsp3) is 0.917. The van der Waals surface area contributed by atoms with Crippen molar-refractivity contribution in [3.63, 3.8) is 0 Å². The average molecular weight is 214 g/mol. The highest BCUT2D eigenvalue weighted by molar-refractivity contribution is 5.75. The highest BCUT2D eigenvalue weighted by Crippen LogP contribution is 2.45. The topological polar surface area (TPSA) is 57.5 Å². The lowest BCUT2D eigenvalue weighted by atomic mass is 9.73. The zero-order chi connectivity index (χ0) is 11.7. The van der Waals surface area contributed by atoms with Crippen molar-refractivity contribution in [3.8, 4) is 0 Å². The molecule has 0 amide bonds. The van der Waals surface area contributed by atoms with Gasteiger partial charge in [0.05, 0.1) is 11.0 Å². The third-order valence-electron chi connectivity index (χ3n) is 3.95. The van der Waals surface area contributed by atoms with Crippen molar-refractivity contribution in [3.05, 3.63) is 0 Å². The van der Waals surface area contributed by atoms with Crippen LogP contribution in [-0.2, 0) is 4.79 Å². The number of rotatable bonds is 4. The summed E-state index contributed by atoms with van der Waals surface area (Å²) in [5.41, 5.74) is -1.55. The van der Waals surface area contributed by atoms with Gasteiger partial charge in [0, 0.05) is 0 Å². The van der Waals surface area contributed by atoms with Gasteiger partial charge in [-0.25, -0.2) is 0 Å². The van der Waals surface area contributed by atoms with Crippen LogP contribution in [0.4, 0.5) is 0 Å². The van der Waals surface area contributed by atoms with E-state index in [4.69, 9.17) is 0 Å². The van der Waals surface area contributed by atoms with Gasteiger partial charge in [0.15, 0.2) is 0 Å². The molecular weight excluding hydrogens is 192 g/mol. The number of aliphatic hydroxyl groups is 1. The summed E-state index contributed by atoms with van der Waals surface area (Å²) in [6, 6.07) is 0. The summed E-state index contributed by atoms with van der Waals surface area (Å²) in [7, 11) is 0. The van der Waals surface area contributed by atoms with E-state index in [0.29, 0.717) is 19.3 Å². The summed E-state index contributed by atoms with van der Waals surface area (Å²) in [6.45, 7) is 5.62.